The van der Waals surface area contributed by atoms with Crippen molar-refractivity contribution < 1.29 is 18.1 Å². The van der Waals surface area contributed by atoms with E-state index >= 15 is 0 Å². The third kappa shape index (κ3) is 2.60. The topological polar surface area (TPSA) is 116 Å². The van der Waals surface area contributed by atoms with Crippen LogP contribution in [0.3, 0.4) is 0 Å². The molecule has 0 radical (unpaired) electrons. The van der Waals surface area contributed by atoms with Gasteiger partial charge in [-0.2, -0.15) is 4.31 Å². The van der Waals surface area contributed by atoms with Crippen LogP contribution in [0.2, 0.25) is 0 Å². The van der Waals surface area contributed by atoms with Gasteiger partial charge in [-0.05, 0) is 18.6 Å². The van der Waals surface area contributed by atoms with Crippen LogP contribution in [0, 0.1) is 10.1 Å². The van der Waals surface area contributed by atoms with Gasteiger partial charge in [-0.3, -0.25) is 10.1 Å². The zero-order valence-corrected chi connectivity index (χ0v) is 11.7. The second kappa shape index (κ2) is 5.35. The molecule has 0 amide bonds. The summed E-state index contributed by atoms with van der Waals surface area (Å²) in [5.41, 5.74) is 5.31. The Morgan fingerprint density at radius 2 is 2.20 bits per heavy atom. The fourth-order valence-corrected chi connectivity index (χ4v) is 3.63. The van der Waals surface area contributed by atoms with Crippen molar-refractivity contribution in [1.82, 2.24) is 4.31 Å². The largest absolute Gasteiger partial charge is 0.490 e. The highest BCUT2D eigenvalue weighted by Gasteiger charge is 2.32. The third-order valence-electron chi connectivity index (χ3n) is 3.17. The van der Waals surface area contributed by atoms with Gasteiger partial charge in [-0.15, -0.1) is 0 Å². The van der Waals surface area contributed by atoms with Gasteiger partial charge >= 0.3 is 5.69 Å². The summed E-state index contributed by atoms with van der Waals surface area (Å²) in [6, 6.07) is 3.39. The van der Waals surface area contributed by atoms with E-state index in [4.69, 9.17) is 10.5 Å². The summed E-state index contributed by atoms with van der Waals surface area (Å²) in [6.45, 7) is 0.547. The molecule has 1 aliphatic heterocycles. The maximum absolute atomic E-state index is 12.4. The van der Waals surface area contributed by atoms with Gasteiger partial charge in [0.15, 0.2) is 5.75 Å². The van der Waals surface area contributed by atoms with Crippen LogP contribution < -0.4 is 10.5 Å². The SMILES string of the molecule is COc1ccc(S(=O)(=O)N2CC[C@H](N)C2)cc1[N+](=O)[O-]. The van der Waals surface area contributed by atoms with Crippen LogP contribution in [0.15, 0.2) is 23.1 Å². The number of sulfonamides is 1. The minimum absolute atomic E-state index is 0.0204. The number of methoxy groups -OCH3 is 1. The Morgan fingerprint density at radius 3 is 2.70 bits per heavy atom. The summed E-state index contributed by atoms with van der Waals surface area (Å²) in [7, 11) is -2.47. The second-order valence-electron chi connectivity index (χ2n) is 4.50. The Bertz CT molecular complexity index is 631. The van der Waals surface area contributed by atoms with Crippen molar-refractivity contribution in [2.45, 2.75) is 17.4 Å². The number of nitro groups is 1. The van der Waals surface area contributed by atoms with Crippen LogP contribution in [-0.4, -0.2) is 43.9 Å². The average Bonchev–Trinajstić information content (AvgIpc) is 2.85. The molecule has 1 aliphatic rings. The summed E-state index contributed by atoms with van der Waals surface area (Å²) in [6.07, 6.45) is 0.581. The molecule has 8 nitrogen and oxygen atoms in total. The van der Waals surface area contributed by atoms with E-state index in [-0.39, 0.29) is 28.9 Å². The first-order valence-electron chi connectivity index (χ1n) is 5.94. The van der Waals surface area contributed by atoms with Crippen LogP contribution >= 0.6 is 0 Å². The first kappa shape index (κ1) is 14.7. The van der Waals surface area contributed by atoms with Gasteiger partial charge in [0.05, 0.1) is 16.9 Å². The number of rotatable bonds is 4. The smallest absolute Gasteiger partial charge is 0.312 e. The van der Waals surface area contributed by atoms with Crippen LogP contribution in [0.25, 0.3) is 0 Å². The molecule has 1 aromatic rings. The number of nitro benzene ring substituents is 1. The Kier molecular flexibility index (Phi) is 3.93. The molecule has 0 saturated carbocycles. The van der Waals surface area contributed by atoms with Gasteiger partial charge < -0.3 is 10.5 Å². The van der Waals surface area contributed by atoms with E-state index in [0.29, 0.717) is 13.0 Å². The van der Waals surface area contributed by atoms with Gasteiger partial charge in [-0.25, -0.2) is 8.42 Å². The number of ether oxygens (including phenoxy) is 1. The highest BCUT2D eigenvalue weighted by atomic mass is 32.2. The van der Waals surface area contributed by atoms with Gasteiger partial charge in [0.2, 0.25) is 10.0 Å². The fourth-order valence-electron chi connectivity index (χ4n) is 2.09. The number of hydrogen-bond acceptors (Lipinski definition) is 6. The summed E-state index contributed by atoms with van der Waals surface area (Å²) >= 11 is 0. The molecule has 9 heteroatoms. The van der Waals surface area contributed by atoms with Crippen molar-refractivity contribution in [3.63, 3.8) is 0 Å². The van der Waals surface area contributed by atoms with Crippen LogP contribution in [0.4, 0.5) is 5.69 Å². The highest BCUT2D eigenvalue weighted by Crippen LogP contribution is 2.31. The van der Waals surface area contributed by atoms with E-state index in [9.17, 15) is 18.5 Å². The first-order valence-corrected chi connectivity index (χ1v) is 7.38. The van der Waals surface area contributed by atoms with E-state index in [1.54, 1.807) is 0 Å². The molecule has 2 rings (SSSR count). The number of hydrogen-bond donors (Lipinski definition) is 1. The summed E-state index contributed by atoms with van der Waals surface area (Å²) in [5.74, 6) is 0.0204. The molecule has 0 unspecified atom stereocenters. The zero-order valence-electron chi connectivity index (χ0n) is 10.9. The van der Waals surface area contributed by atoms with E-state index in [0.717, 1.165) is 6.07 Å². The van der Waals surface area contributed by atoms with Crippen molar-refractivity contribution in [2.75, 3.05) is 20.2 Å². The predicted molar refractivity (Wildman–Crippen MR) is 71.0 cm³/mol. The Balaban J connectivity index is 2.42. The molecule has 0 aliphatic carbocycles. The van der Waals surface area contributed by atoms with Crippen molar-refractivity contribution in [3.8, 4) is 5.75 Å². The lowest BCUT2D eigenvalue weighted by Crippen LogP contribution is -2.32. The molecule has 2 N–H and O–H groups in total. The lowest BCUT2D eigenvalue weighted by atomic mass is 10.3. The van der Waals surface area contributed by atoms with E-state index in [1.807, 2.05) is 0 Å². The molecule has 0 spiro atoms. The molecule has 110 valence electrons. The number of nitrogens with zero attached hydrogens (tertiary/aromatic N) is 2. The monoisotopic (exact) mass is 301 g/mol. The molecular formula is C11H15N3O5S. The standard InChI is InChI=1S/C11H15N3O5S/c1-19-11-3-2-9(6-10(11)14(15)16)20(17,18)13-5-4-8(12)7-13/h2-3,6,8H,4-5,7,12H2,1H3/t8-/m0/s1. The van der Waals surface area contributed by atoms with E-state index in [2.05, 4.69) is 0 Å². The summed E-state index contributed by atoms with van der Waals surface area (Å²) < 4.78 is 30.8. The fraction of sp³-hybridized carbons (Fsp3) is 0.455. The Morgan fingerprint density at radius 1 is 1.50 bits per heavy atom. The molecule has 0 aromatic heterocycles. The Hall–Kier alpha value is -1.71. The predicted octanol–water partition coefficient (Wildman–Crippen LogP) is 0.325. The van der Waals surface area contributed by atoms with E-state index < -0.39 is 14.9 Å². The second-order valence-corrected chi connectivity index (χ2v) is 6.44. The molecule has 1 atom stereocenters. The van der Waals surface area contributed by atoms with Crippen molar-refractivity contribution in [3.05, 3.63) is 28.3 Å². The van der Waals surface area contributed by atoms with Gasteiger partial charge in [-0.1, -0.05) is 0 Å². The molecule has 0 bridgehead atoms. The maximum Gasteiger partial charge on any atom is 0.312 e. The maximum atomic E-state index is 12.4. The van der Waals surface area contributed by atoms with Crippen molar-refractivity contribution in [2.24, 2.45) is 5.73 Å². The van der Waals surface area contributed by atoms with E-state index in [1.165, 1.54) is 23.5 Å². The first-order chi connectivity index (χ1) is 9.36. The number of benzene rings is 1. The average molecular weight is 301 g/mol. The van der Waals surface area contributed by atoms with Gasteiger partial charge in [0, 0.05) is 25.2 Å². The molecular weight excluding hydrogens is 286 g/mol. The molecule has 20 heavy (non-hydrogen) atoms. The minimum atomic E-state index is -3.76. The molecule has 1 saturated heterocycles. The van der Waals surface area contributed by atoms with Crippen LogP contribution in [0.5, 0.6) is 5.75 Å². The lowest BCUT2D eigenvalue weighted by molar-refractivity contribution is -0.386. The van der Waals surface area contributed by atoms with Crippen molar-refractivity contribution in [1.29, 1.82) is 0 Å². The van der Waals surface area contributed by atoms with Crippen LogP contribution in [-0.2, 0) is 10.0 Å². The third-order valence-corrected chi connectivity index (χ3v) is 5.03. The number of nitrogens with two attached hydrogens (primary N) is 1. The zero-order chi connectivity index (χ0) is 14.9. The van der Waals surface area contributed by atoms with Gasteiger partial charge in [0.1, 0.15) is 0 Å². The summed E-state index contributed by atoms with van der Waals surface area (Å²) in [4.78, 5) is 10.1. The Labute approximate surface area is 116 Å². The van der Waals surface area contributed by atoms with Crippen LogP contribution in [0.1, 0.15) is 6.42 Å². The normalized spacial score (nSPS) is 20.0. The van der Waals surface area contributed by atoms with Crippen molar-refractivity contribution >= 4 is 15.7 Å². The van der Waals surface area contributed by atoms with Gasteiger partial charge in [0.25, 0.3) is 0 Å². The summed E-state index contributed by atoms with van der Waals surface area (Å²) in [5, 5.41) is 10.9. The minimum Gasteiger partial charge on any atom is -0.490 e. The lowest BCUT2D eigenvalue weighted by Gasteiger charge is -2.16. The molecule has 1 fully saturated rings. The highest BCUT2D eigenvalue weighted by molar-refractivity contribution is 7.89. The molecule has 1 heterocycles. The molecule has 1 aromatic carbocycles. The quantitative estimate of drug-likeness (QED) is 0.632.